The van der Waals surface area contributed by atoms with Gasteiger partial charge in [0, 0.05) is 0 Å². The lowest BCUT2D eigenvalue weighted by Gasteiger charge is -2.33. The second-order valence-electron chi connectivity index (χ2n) is 8.55. The van der Waals surface area contributed by atoms with E-state index in [1.807, 2.05) is 30.3 Å². The molecular formula is C22H31O4P. The zero-order valence-corrected chi connectivity index (χ0v) is 18.1. The summed E-state index contributed by atoms with van der Waals surface area (Å²) in [5, 5.41) is 0.467. The van der Waals surface area contributed by atoms with Gasteiger partial charge in [-0.3, -0.25) is 4.57 Å². The van der Waals surface area contributed by atoms with Crippen LogP contribution in [0, 0.1) is 5.41 Å². The summed E-state index contributed by atoms with van der Waals surface area (Å²) in [6.45, 7) is 13.2. The average Bonchev–Trinajstić information content (AvgIpc) is 2.59. The van der Waals surface area contributed by atoms with E-state index in [0.29, 0.717) is 11.1 Å². The third-order valence-electron chi connectivity index (χ3n) is 4.21. The van der Waals surface area contributed by atoms with E-state index in [9.17, 15) is 4.57 Å². The van der Waals surface area contributed by atoms with E-state index in [-0.39, 0.29) is 17.4 Å². The molecule has 0 aromatic heterocycles. The lowest BCUT2D eigenvalue weighted by molar-refractivity contribution is -0.109. The first-order valence-electron chi connectivity index (χ1n) is 9.33. The van der Waals surface area contributed by atoms with Gasteiger partial charge in [-0.05, 0) is 54.0 Å². The zero-order chi connectivity index (χ0) is 20.1. The number of hydrogen-bond acceptors (Lipinski definition) is 4. The Labute approximate surface area is 163 Å². The highest BCUT2D eigenvalue weighted by Gasteiger charge is 2.30. The molecule has 0 fully saturated rings. The summed E-state index contributed by atoms with van der Waals surface area (Å²) >= 11 is 0. The highest BCUT2D eigenvalue weighted by Crippen LogP contribution is 2.47. The molecule has 0 amide bonds. The molecule has 0 N–H and O–H groups in total. The van der Waals surface area contributed by atoms with Crippen molar-refractivity contribution in [1.82, 2.24) is 0 Å². The molecule has 2 rings (SSSR count). The first-order valence-corrected chi connectivity index (χ1v) is 10.9. The normalized spacial score (nSPS) is 14.6. The van der Waals surface area contributed by atoms with Gasteiger partial charge in [-0.15, -0.1) is 0 Å². The average molecular weight is 390 g/mol. The largest absolute Gasteiger partial charge is 0.398 e. The van der Waals surface area contributed by atoms with Gasteiger partial charge in [0.05, 0.1) is 11.9 Å². The summed E-state index contributed by atoms with van der Waals surface area (Å²) in [6, 6.07) is 16.6. The summed E-state index contributed by atoms with van der Waals surface area (Å²) in [7, 11) is -3.53. The van der Waals surface area contributed by atoms with E-state index < -0.39 is 7.60 Å². The molecule has 0 heterocycles. The maximum atomic E-state index is 13.0. The molecule has 5 heteroatoms. The molecule has 0 spiro atoms. The lowest BCUT2D eigenvalue weighted by Crippen LogP contribution is -2.24. The minimum Gasteiger partial charge on any atom is -0.329 e. The molecule has 2 aromatic carbocycles. The Morgan fingerprint density at radius 2 is 1.48 bits per heavy atom. The van der Waals surface area contributed by atoms with Gasteiger partial charge in [0.15, 0.2) is 5.75 Å². The minimum atomic E-state index is -3.53. The van der Waals surface area contributed by atoms with Crippen LogP contribution in [0.15, 0.2) is 54.6 Å². The third kappa shape index (κ3) is 6.21. The summed E-state index contributed by atoms with van der Waals surface area (Å²) in [5.74, 6) is 0.487. The molecule has 0 saturated heterocycles. The second kappa shape index (κ2) is 8.60. The van der Waals surface area contributed by atoms with E-state index in [1.165, 1.54) is 5.56 Å². The molecule has 0 bridgehead atoms. The van der Waals surface area contributed by atoms with Gasteiger partial charge in [0.25, 0.3) is 0 Å². The number of rotatable bonds is 8. The van der Waals surface area contributed by atoms with Crippen LogP contribution in [0.3, 0.4) is 0 Å². The van der Waals surface area contributed by atoms with E-state index in [2.05, 4.69) is 34.6 Å². The van der Waals surface area contributed by atoms with Gasteiger partial charge in [-0.25, -0.2) is 0 Å². The van der Waals surface area contributed by atoms with E-state index >= 15 is 0 Å². The van der Waals surface area contributed by atoms with Crippen molar-refractivity contribution in [1.29, 1.82) is 0 Å². The van der Waals surface area contributed by atoms with Crippen molar-refractivity contribution in [3.63, 3.8) is 0 Å². The van der Waals surface area contributed by atoms with Crippen LogP contribution in [0.4, 0.5) is 0 Å². The van der Waals surface area contributed by atoms with Crippen molar-refractivity contribution in [2.75, 3.05) is 6.61 Å². The Balaban J connectivity index is 2.11. The van der Waals surface area contributed by atoms with Crippen LogP contribution in [-0.2, 0) is 19.2 Å². The van der Waals surface area contributed by atoms with Crippen molar-refractivity contribution < 1.29 is 18.7 Å². The third-order valence-corrected chi connectivity index (χ3v) is 6.01. The summed E-state index contributed by atoms with van der Waals surface area (Å²) in [5.41, 5.74) is 1.50. The maximum absolute atomic E-state index is 13.0. The molecule has 0 saturated carbocycles. The summed E-state index contributed by atoms with van der Waals surface area (Å²) in [6.07, 6.45) is 1.06. The van der Waals surface area contributed by atoms with Gasteiger partial charge >= 0.3 is 7.60 Å². The molecule has 1 unspecified atom stereocenters. The lowest BCUT2D eigenvalue weighted by atomic mass is 9.72. The molecular weight excluding hydrogens is 359 g/mol. The molecule has 2 aromatic rings. The molecule has 4 nitrogen and oxygen atoms in total. The monoisotopic (exact) mass is 390 g/mol. The van der Waals surface area contributed by atoms with Crippen LogP contribution in [-0.4, -0.2) is 6.61 Å². The Kier molecular flexibility index (Phi) is 6.91. The SMILES string of the molecule is CCOP(=O)(OOc1ccc(C(C)(C)CC(C)(C)C)cc1)c1ccccc1. The molecule has 0 aliphatic carbocycles. The first-order chi connectivity index (χ1) is 12.6. The van der Waals surface area contributed by atoms with Gasteiger partial charge in [0.2, 0.25) is 0 Å². The topological polar surface area (TPSA) is 44.8 Å². The summed E-state index contributed by atoms with van der Waals surface area (Å²) < 4.78 is 23.7. The fraction of sp³-hybridized carbons (Fsp3) is 0.455. The zero-order valence-electron chi connectivity index (χ0n) is 17.2. The number of benzene rings is 2. The number of hydrogen-bond donors (Lipinski definition) is 0. The molecule has 0 radical (unpaired) electrons. The van der Waals surface area contributed by atoms with Crippen molar-refractivity contribution >= 4 is 12.9 Å². The van der Waals surface area contributed by atoms with Crippen LogP contribution in [0.5, 0.6) is 5.75 Å². The maximum Gasteiger partial charge on any atom is 0.398 e. The van der Waals surface area contributed by atoms with Crippen LogP contribution >= 0.6 is 7.60 Å². The fourth-order valence-electron chi connectivity index (χ4n) is 3.40. The van der Waals surface area contributed by atoms with E-state index in [1.54, 1.807) is 31.2 Å². The Morgan fingerprint density at radius 3 is 2.00 bits per heavy atom. The summed E-state index contributed by atoms with van der Waals surface area (Å²) in [4.78, 5) is 5.36. The molecule has 148 valence electrons. The Morgan fingerprint density at radius 1 is 0.889 bits per heavy atom. The van der Waals surface area contributed by atoms with E-state index in [0.717, 1.165) is 6.42 Å². The van der Waals surface area contributed by atoms with Gasteiger partial charge in [-0.2, -0.15) is 0 Å². The Bertz CT molecular complexity index is 761. The predicted molar refractivity (Wildman–Crippen MR) is 111 cm³/mol. The van der Waals surface area contributed by atoms with Crippen molar-refractivity contribution in [3.05, 3.63) is 60.2 Å². The Hall–Kier alpha value is -1.61. The highest BCUT2D eigenvalue weighted by atomic mass is 31.2. The van der Waals surface area contributed by atoms with Crippen molar-refractivity contribution in [3.8, 4) is 5.75 Å². The van der Waals surface area contributed by atoms with Crippen LogP contribution < -0.4 is 10.2 Å². The van der Waals surface area contributed by atoms with Gasteiger partial charge in [-0.1, -0.05) is 69.6 Å². The first kappa shape index (κ1) is 21.7. The minimum absolute atomic E-state index is 0.0439. The highest BCUT2D eigenvalue weighted by molar-refractivity contribution is 7.62. The van der Waals surface area contributed by atoms with E-state index in [4.69, 9.17) is 14.1 Å². The van der Waals surface area contributed by atoms with Crippen LogP contribution in [0.25, 0.3) is 0 Å². The molecule has 0 aliphatic heterocycles. The molecule has 0 aliphatic rings. The second-order valence-corrected chi connectivity index (χ2v) is 10.5. The van der Waals surface area contributed by atoms with Crippen molar-refractivity contribution in [2.24, 2.45) is 5.41 Å². The smallest absolute Gasteiger partial charge is 0.329 e. The van der Waals surface area contributed by atoms with Crippen LogP contribution in [0.1, 0.15) is 53.5 Å². The predicted octanol–water partition coefficient (Wildman–Crippen LogP) is 6.27. The van der Waals surface area contributed by atoms with Crippen LogP contribution in [0.2, 0.25) is 0 Å². The van der Waals surface area contributed by atoms with Crippen molar-refractivity contribution in [2.45, 2.75) is 53.4 Å². The molecule has 1 atom stereocenters. The van der Waals surface area contributed by atoms with Gasteiger partial charge in [0.1, 0.15) is 0 Å². The fourth-order valence-corrected chi connectivity index (χ4v) is 4.74. The van der Waals surface area contributed by atoms with Gasteiger partial charge < -0.3 is 9.41 Å². The standard InChI is InChI=1S/C22H31O4P/c1-7-24-27(23,20-11-9-8-10-12-20)26-25-19-15-13-18(14-16-19)22(5,6)17-21(2,3)4/h8-16H,7,17H2,1-6H3. The quantitative estimate of drug-likeness (QED) is 0.303. The molecule has 27 heavy (non-hydrogen) atoms.